The lowest BCUT2D eigenvalue weighted by Gasteiger charge is -2.26. The van der Waals surface area contributed by atoms with Crippen molar-refractivity contribution in [1.82, 2.24) is 9.99 Å². The van der Waals surface area contributed by atoms with Crippen molar-refractivity contribution in [2.45, 2.75) is 19.0 Å². The van der Waals surface area contributed by atoms with Crippen LogP contribution in [-0.2, 0) is 0 Å². The van der Waals surface area contributed by atoms with Crippen molar-refractivity contribution >= 4 is 12.0 Å². The Morgan fingerprint density at radius 1 is 1.29 bits per heavy atom. The summed E-state index contributed by atoms with van der Waals surface area (Å²) in [5.41, 5.74) is 1.15. The van der Waals surface area contributed by atoms with E-state index >= 15 is 0 Å². The molecule has 1 saturated heterocycles. The molecule has 1 atom stereocenters. The second-order valence-corrected chi connectivity index (χ2v) is 3.60. The van der Waals surface area contributed by atoms with E-state index in [1.807, 2.05) is 30.9 Å². The van der Waals surface area contributed by atoms with Gasteiger partial charge in [-0.05, 0) is 25.0 Å². The van der Waals surface area contributed by atoms with Gasteiger partial charge in [0.05, 0.1) is 5.69 Å². The SMILES string of the molecule is C1=NC2CCCN2N1c1ccncc1. The predicted octanol–water partition coefficient (Wildman–Crippen LogP) is 1.27. The zero-order chi connectivity index (χ0) is 9.38. The van der Waals surface area contributed by atoms with Gasteiger partial charge in [0.1, 0.15) is 12.5 Å². The molecule has 0 aromatic carbocycles. The van der Waals surface area contributed by atoms with Gasteiger partial charge in [0.25, 0.3) is 0 Å². The lowest BCUT2D eigenvalue weighted by atomic mass is 10.3. The topological polar surface area (TPSA) is 31.7 Å². The quantitative estimate of drug-likeness (QED) is 0.665. The summed E-state index contributed by atoms with van der Waals surface area (Å²) in [4.78, 5) is 8.47. The highest BCUT2D eigenvalue weighted by atomic mass is 15.7. The van der Waals surface area contributed by atoms with Crippen LogP contribution in [0.4, 0.5) is 5.69 Å². The van der Waals surface area contributed by atoms with Gasteiger partial charge in [0, 0.05) is 18.9 Å². The molecular weight excluding hydrogens is 176 g/mol. The van der Waals surface area contributed by atoms with E-state index in [4.69, 9.17) is 0 Å². The Hall–Kier alpha value is -1.42. The molecule has 4 heteroatoms. The van der Waals surface area contributed by atoms with Gasteiger partial charge < -0.3 is 0 Å². The number of pyridine rings is 1. The first-order valence-electron chi connectivity index (χ1n) is 4.94. The minimum Gasteiger partial charge on any atom is -0.265 e. The molecule has 1 fully saturated rings. The largest absolute Gasteiger partial charge is 0.265 e. The van der Waals surface area contributed by atoms with Crippen LogP contribution in [-0.4, -0.2) is 29.0 Å². The summed E-state index contributed by atoms with van der Waals surface area (Å²) in [6, 6.07) is 4.01. The molecule has 0 bridgehead atoms. The minimum absolute atomic E-state index is 0.378. The number of aliphatic imine (C=N–C) groups is 1. The fraction of sp³-hybridized carbons (Fsp3) is 0.400. The van der Waals surface area contributed by atoms with Crippen molar-refractivity contribution in [3.63, 3.8) is 0 Å². The Morgan fingerprint density at radius 3 is 3.00 bits per heavy atom. The molecule has 0 amide bonds. The van der Waals surface area contributed by atoms with Crippen molar-refractivity contribution < 1.29 is 0 Å². The summed E-state index contributed by atoms with van der Waals surface area (Å²) >= 11 is 0. The van der Waals surface area contributed by atoms with Crippen molar-refractivity contribution in [2.24, 2.45) is 4.99 Å². The third-order valence-corrected chi connectivity index (χ3v) is 2.75. The highest BCUT2D eigenvalue weighted by Crippen LogP contribution is 2.27. The second kappa shape index (κ2) is 3.06. The molecule has 0 spiro atoms. The van der Waals surface area contributed by atoms with Crippen LogP contribution in [0.1, 0.15) is 12.8 Å². The molecule has 2 aliphatic rings. The molecule has 0 radical (unpaired) electrons. The summed E-state index contributed by atoms with van der Waals surface area (Å²) in [5, 5.41) is 4.43. The Balaban J connectivity index is 1.90. The van der Waals surface area contributed by atoms with Crippen molar-refractivity contribution in [1.29, 1.82) is 0 Å². The number of aromatic nitrogens is 1. The second-order valence-electron chi connectivity index (χ2n) is 3.60. The standard InChI is InChI=1S/C10H12N4/c1-2-10-12-8-14(13(10)7-1)9-3-5-11-6-4-9/h3-6,8,10H,1-2,7H2. The monoisotopic (exact) mass is 188 g/mol. The molecule has 1 aromatic heterocycles. The number of hydrogen-bond acceptors (Lipinski definition) is 4. The average molecular weight is 188 g/mol. The molecule has 1 unspecified atom stereocenters. The van der Waals surface area contributed by atoms with Crippen LogP contribution in [0.25, 0.3) is 0 Å². The zero-order valence-electron chi connectivity index (χ0n) is 7.87. The maximum atomic E-state index is 4.46. The predicted molar refractivity (Wildman–Crippen MR) is 54.9 cm³/mol. The Kier molecular flexibility index (Phi) is 1.73. The van der Waals surface area contributed by atoms with Crippen molar-refractivity contribution in [3.05, 3.63) is 24.5 Å². The zero-order valence-corrected chi connectivity index (χ0v) is 7.87. The molecule has 4 nitrogen and oxygen atoms in total. The van der Waals surface area contributed by atoms with Crippen LogP contribution in [0.15, 0.2) is 29.5 Å². The molecule has 72 valence electrons. The first-order valence-corrected chi connectivity index (χ1v) is 4.94. The molecule has 3 heterocycles. The van der Waals surface area contributed by atoms with Gasteiger partial charge in [0.2, 0.25) is 0 Å². The van der Waals surface area contributed by atoms with Gasteiger partial charge in [-0.3, -0.25) is 15.0 Å². The van der Waals surface area contributed by atoms with E-state index < -0.39 is 0 Å². The number of hydrazine groups is 1. The Labute approximate surface area is 82.8 Å². The van der Waals surface area contributed by atoms with E-state index in [0.29, 0.717) is 6.17 Å². The molecule has 14 heavy (non-hydrogen) atoms. The van der Waals surface area contributed by atoms with Crippen LogP contribution in [0.5, 0.6) is 0 Å². The summed E-state index contributed by atoms with van der Waals surface area (Å²) in [6.45, 7) is 1.10. The summed E-state index contributed by atoms with van der Waals surface area (Å²) in [6.07, 6.45) is 8.34. The summed E-state index contributed by atoms with van der Waals surface area (Å²) in [5.74, 6) is 0. The normalized spacial score (nSPS) is 25.7. The molecule has 2 aliphatic heterocycles. The van der Waals surface area contributed by atoms with E-state index in [9.17, 15) is 0 Å². The van der Waals surface area contributed by atoms with Crippen LogP contribution >= 0.6 is 0 Å². The maximum absolute atomic E-state index is 4.46. The maximum Gasteiger partial charge on any atom is 0.121 e. The van der Waals surface area contributed by atoms with Gasteiger partial charge in [-0.1, -0.05) is 0 Å². The van der Waals surface area contributed by atoms with Gasteiger partial charge >= 0.3 is 0 Å². The number of rotatable bonds is 1. The van der Waals surface area contributed by atoms with E-state index in [-0.39, 0.29) is 0 Å². The van der Waals surface area contributed by atoms with Gasteiger partial charge in [-0.2, -0.15) is 5.01 Å². The summed E-state index contributed by atoms with van der Waals surface area (Å²) < 4.78 is 0. The first kappa shape index (κ1) is 7.94. The molecule has 0 saturated carbocycles. The fourth-order valence-corrected chi connectivity index (χ4v) is 2.05. The number of anilines is 1. The Bertz CT molecular complexity index is 348. The molecule has 0 aliphatic carbocycles. The van der Waals surface area contributed by atoms with Crippen LogP contribution < -0.4 is 5.01 Å². The van der Waals surface area contributed by atoms with Crippen molar-refractivity contribution in [3.8, 4) is 0 Å². The smallest absolute Gasteiger partial charge is 0.121 e. The number of nitrogens with zero attached hydrogens (tertiary/aromatic N) is 4. The van der Waals surface area contributed by atoms with Gasteiger partial charge in [-0.15, -0.1) is 0 Å². The van der Waals surface area contributed by atoms with E-state index in [1.165, 1.54) is 12.8 Å². The third kappa shape index (κ3) is 1.11. The van der Waals surface area contributed by atoms with E-state index in [0.717, 1.165) is 12.2 Å². The number of hydrogen-bond donors (Lipinski definition) is 0. The lowest BCUT2D eigenvalue weighted by molar-refractivity contribution is 0.297. The molecule has 3 rings (SSSR count). The highest BCUT2D eigenvalue weighted by Gasteiger charge is 2.32. The van der Waals surface area contributed by atoms with Gasteiger partial charge in [0.15, 0.2) is 0 Å². The first-order chi connectivity index (χ1) is 6.95. The van der Waals surface area contributed by atoms with E-state index in [1.54, 1.807) is 0 Å². The van der Waals surface area contributed by atoms with E-state index in [2.05, 4.69) is 20.0 Å². The number of fused-ring (bicyclic) bond motifs is 1. The average Bonchev–Trinajstić information content (AvgIpc) is 2.79. The van der Waals surface area contributed by atoms with Crippen molar-refractivity contribution in [2.75, 3.05) is 11.6 Å². The summed E-state index contributed by atoms with van der Waals surface area (Å²) in [7, 11) is 0. The molecule has 0 N–H and O–H groups in total. The molecule has 1 aromatic rings. The highest BCUT2D eigenvalue weighted by molar-refractivity contribution is 5.79. The van der Waals surface area contributed by atoms with Crippen LogP contribution in [0.2, 0.25) is 0 Å². The van der Waals surface area contributed by atoms with Gasteiger partial charge in [-0.25, -0.2) is 0 Å². The fourth-order valence-electron chi connectivity index (χ4n) is 2.05. The lowest BCUT2D eigenvalue weighted by Crippen LogP contribution is -2.38. The Morgan fingerprint density at radius 2 is 2.14 bits per heavy atom. The molecular formula is C10H12N4. The minimum atomic E-state index is 0.378. The van der Waals surface area contributed by atoms with Crippen LogP contribution in [0, 0.1) is 0 Å². The third-order valence-electron chi connectivity index (χ3n) is 2.75. The van der Waals surface area contributed by atoms with Crippen LogP contribution in [0.3, 0.4) is 0 Å².